The summed E-state index contributed by atoms with van der Waals surface area (Å²) < 4.78 is 13.1. The van der Waals surface area contributed by atoms with Gasteiger partial charge in [0.25, 0.3) is 0 Å². The molecule has 3 heteroatoms. The van der Waals surface area contributed by atoms with Gasteiger partial charge in [-0.05, 0) is 43.1 Å². The second-order valence-corrected chi connectivity index (χ2v) is 4.40. The summed E-state index contributed by atoms with van der Waals surface area (Å²) in [5, 5.41) is 3.25. The molecule has 1 N–H and O–H groups in total. The number of halogens is 1. The molecule has 1 saturated heterocycles. The molecule has 1 aromatic rings. The Morgan fingerprint density at radius 1 is 1.40 bits per heavy atom. The fourth-order valence-electron chi connectivity index (χ4n) is 1.93. The fraction of sp³-hybridized carbons (Fsp3) is 0.500. The van der Waals surface area contributed by atoms with E-state index in [1.165, 1.54) is 5.56 Å². The van der Waals surface area contributed by atoms with Crippen molar-refractivity contribution >= 4 is 5.69 Å². The van der Waals surface area contributed by atoms with Crippen molar-refractivity contribution in [1.82, 2.24) is 5.32 Å². The molecular weight excluding hydrogens is 191 g/mol. The van der Waals surface area contributed by atoms with E-state index in [1.807, 2.05) is 25.1 Å². The summed E-state index contributed by atoms with van der Waals surface area (Å²) >= 11 is 0. The van der Waals surface area contributed by atoms with Crippen LogP contribution in [-0.2, 0) is 6.42 Å². The summed E-state index contributed by atoms with van der Waals surface area (Å²) in [4.78, 5) is 1.98. The van der Waals surface area contributed by atoms with E-state index in [0.29, 0.717) is 5.92 Å². The van der Waals surface area contributed by atoms with E-state index >= 15 is 0 Å². The maximum absolute atomic E-state index is 13.1. The highest BCUT2D eigenvalue weighted by Crippen LogP contribution is 2.24. The van der Waals surface area contributed by atoms with Gasteiger partial charge in [0.2, 0.25) is 0 Å². The molecule has 1 heterocycles. The number of benzene rings is 1. The van der Waals surface area contributed by atoms with Gasteiger partial charge in [0.15, 0.2) is 0 Å². The molecular formula is C12H17FN2. The second-order valence-electron chi connectivity index (χ2n) is 4.40. The van der Waals surface area contributed by atoms with Crippen molar-refractivity contribution in [3.63, 3.8) is 0 Å². The minimum absolute atomic E-state index is 0.158. The van der Waals surface area contributed by atoms with Crippen molar-refractivity contribution in [3.05, 3.63) is 29.6 Å². The summed E-state index contributed by atoms with van der Waals surface area (Å²) in [7, 11) is 3.91. The minimum Gasteiger partial charge on any atom is -0.377 e. The maximum atomic E-state index is 13.1. The van der Waals surface area contributed by atoms with E-state index in [9.17, 15) is 4.39 Å². The molecule has 1 fully saturated rings. The normalized spacial score (nSPS) is 16.2. The highest BCUT2D eigenvalue weighted by atomic mass is 19.1. The largest absolute Gasteiger partial charge is 0.377 e. The van der Waals surface area contributed by atoms with Gasteiger partial charge < -0.3 is 10.2 Å². The third kappa shape index (κ3) is 2.29. The van der Waals surface area contributed by atoms with Crippen molar-refractivity contribution in [2.75, 3.05) is 32.1 Å². The van der Waals surface area contributed by atoms with Crippen LogP contribution in [0.4, 0.5) is 10.1 Å². The van der Waals surface area contributed by atoms with Crippen molar-refractivity contribution in [1.29, 1.82) is 0 Å². The fourth-order valence-corrected chi connectivity index (χ4v) is 1.93. The summed E-state index contributed by atoms with van der Waals surface area (Å²) in [5.74, 6) is 0.559. The zero-order valence-corrected chi connectivity index (χ0v) is 9.26. The third-order valence-corrected chi connectivity index (χ3v) is 2.90. The van der Waals surface area contributed by atoms with Crippen molar-refractivity contribution in [2.45, 2.75) is 6.42 Å². The van der Waals surface area contributed by atoms with Gasteiger partial charge in [0, 0.05) is 19.8 Å². The van der Waals surface area contributed by atoms with Crippen LogP contribution in [0.25, 0.3) is 0 Å². The van der Waals surface area contributed by atoms with Crippen LogP contribution in [0, 0.1) is 11.7 Å². The molecule has 0 radical (unpaired) electrons. The standard InChI is InChI=1S/C12H17FN2/c1-15(2)12-6-11(13)4-3-10(12)5-9-7-14-8-9/h3-4,6,9,14H,5,7-8H2,1-2H3. The summed E-state index contributed by atoms with van der Waals surface area (Å²) in [6.07, 6.45) is 1.04. The van der Waals surface area contributed by atoms with Crippen molar-refractivity contribution in [2.24, 2.45) is 5.92 Å². The first-order valence-electron chi connectivity index (χ1n) is 5.33. The molecule has 0 bridgehead atoms. The highest BCUT2D eigenvalue weighted by Gasteiger charge is 2.19. The molecule has 2 nitrogen and oxygen atoms in total. The van der Waals surface area contributed by atoms with Gasteiger partial charge in [-0.2, -0.15) is 0 Å². The van der Waals surface area contributed by atoms with E-state index in [2.05, 4.69) is 5.32 Å². The van der Waals surface area contributed by atoms with Crippen LogP contribution >= 0.6 is 0 Å². The molecule has 0 aromatic heterocycles. The van der Waals surface area contributed by atoms with E-state index in [1.54, 1.807) is 12.1 Å². The lowest BCUT2D eigenvalue weighted by Crippen LogP contribution is -2.43. The maximum Gasteiger partial charge on any atom is 0.125 e. The van der Waals surface area contributed by atoms with Gasteiger partial charge in [0.1, 0.15) is 5.82 Å². The Kier molecular flexibility index (Phi) is 2.91. The molecule has 1 aromatic carbocycles. The Bertz CT molecular complexity index is 345. The zero-order chi connectivity index (χ0) is 10.8. The molecule has 0 saturated carbocycles. The number of nitrogens with zero attached hydrogens (tertiary/aromatic N) is 1. The van der Waals surface area contributed by atoms with Crippen LogP contribution in [0.2, 0.25) is 0 Å². The van der Waals surface area contributed by atoms with Gasteiger partial charge in [-0.25, -0.2) is 4.39 Å². The average molecular weight is 208 g/mol. The molecule has 0 atom stereocenters. The topological polar surface area (TPSA) is 15.3 Å². The first-order valence-corrected chi connectivity index (χ1v) is 5.33. The average Bonchev–Trinajstić information content (AvgIpc) is 2.12. The van der Waals surface area contributed by atoms with Crippen LogP contribution in [-0.4, -0.2) is 27.2 Å². The van der Waals surface area contributed by atoms with Crippen LogP contribution in [0.15, 0.2) is 18.2 Å². The van der Waals surface area contributed by atoms with Gasteiger partial charge in [0.05, 0.1) is 0 Å². The zero-order valence-electron chi connectivity index (χ0n) is 9.26. The van der Waals surface area contributed by atoms with E-state index in [-0.39, 0.29) is 5.82 Å². The SMILES string of the molecule is CN(C)c1cc(F)ccc1CC1CNC1. The predicted octanol–water partition coefficient (Wildman–Crippen LogP) is 1.65. The Morgan fingerprint density at radius 2 is 2.13 bits per heavy atom. The lowest BCUT2D eigenvalue weighted by Gasteiger charge is -2.28. The van der Waals surface area contributed by atoms with Crippen molar-refractivity contribution in [3.8, 4) is 0 Å². The van der Waals surface area contributed by atoms with Gasteiger partial charge in [-0.3, -0.25) is 0 Å². The molecule has 0 aliphatic carbocycles. The van der Waals surface area contributed by atoms with Crippen LogP contribution in [0.5, 0.6) is 0 Å². The molecule has 0 unspecified atom stereocenters. The number of nitrogens with one attached hydrogen (secondary N) is 1. The first-order chi connectivity index (χ1) is 7.16. The van der Waals surface area contributed by atoms with E-state index in [4.69, 9.17) is 0 Å². The molecule has 0 spiro atoms. The molecule has 2 rings (SSSR count). The lowest BCUT2D eigenvalue weighted by molar-refractivity contribution is 0.346. The van der Waals surface area contributed by atoms with Crippen LogP contribution in [0.3, 0.4) is 0 Å². The summed E-state index contributed by atoms with van der Waals surface area (Å²) in [5.41, 5.74) is 2.25. The number of anilines is 1. The van der Waals surface area contributed by atoms with Gasteiger partial charge in [-0.1, -0.05) is 6.07 Å². The molecule has 1 aliphatic rings. The number of hydrogen-bond donors (Lipinski definition) is 1. The second kappa shape index (κ2) is 4.19. The molecule has 0 amide bonds. The molecule has 82 valence electrons. The van der Waals surface area contributed by atoms with Crippen LogP contribution < -0.4 is 10.2 Å². The van der Waals surface area contributed by atoms with Gasteiger partial charge in [-0.15, -0.1) is 0 Å². The van der Waals surface area contributed by atoms with Crippen molar-refractivity contribution < 1.29 is 4.39 Å². The van der Waals surface area contributed by atoms with E-state index < -0.39 is 0 Å². The molecule has 1 aliphatic heterocycles. The predicted molar refractivity (Wildman–Crippen MR) is 60.8 cm³/mol. The quantitative estimate of drug-likeness (QED) is 0.812. The lowest BCUT2D eigenvalue weighted by atomic mass is 9.93. The monoisotopic (exact) mass is 208 g/mol. The first kappa shape index (κ1) is 10.4. The number of hydrogen-bond acceptors (Lipinski definition) is 2. The third-order valence-electron chi connectivity index (χ3n) is 2.90. The van der Waals surface area contributed by atoms with Crippen LogP contribution in [0.1, 0.15) is 5.56 Å². The smallest absolute Gasteiger partial charge is 0.125 e. The molecule has 15 heavy (non-hydrogen) atoms. The Balaban J connectivity index is 2.20. The highest BCUT2D eigenvalue weighted by molar-refractivity contribution is 5.53. The minimum atomic E-state index is -0.158. The Morgan fingerprint density at radius 3 is 2.67 bits per heavy atom. The summed E-state index contributed by atoms with van der Waals surface area (Å²) in [6, 6.07) is 5.07. The van der Waals surface area contributed by atoms with Gasteiger partial charge >= 0.3 is 0 Å². The van der Waals surface area contributed by atoms with E-state index in [0.717, 1.165) is 25.2 Å². The Labute approximate surface area is 90.1 Å². The Hall–Kier alpha value is -1.09. The number of rotatable bonds is 3. The summed E-state index contributed by atoms with van der Waals surface area (Å²) in [6.45, 7) is 2.18.